The average molecular weight is 303 g/mol. The van der Waals surface area contributed by atoms with Crippen molar-refractivity contribution >= 4 is 23.4 Å². The maximum Gasteiger partial charge on any atom is 0.237 e. The summed E-state index contributed by atoms with van der Waals surface area (Å²) in [5, 5.41) is 3.75. The second-order valence-corrected chi connectivity index (χ2v) is 6.24. The van der Waals surface area contributed by atoms with E-state index in [2.05, 4.69) is 10.3 Å². The van der Waals surface area contributed by atoms with Crippen LogP contribution in [0.4, 0.5) is 5.69 Å². The van der Waals surface area contributed by atoms with E-state index in [1.807, 2.05) is 56.8 Å². The Morgan fingerprint density at radius 2 is 2.19 bits per heavy atom. The zero-order valence-corrected chi connectivity index (χ0v) is 13.7. The van der Waals surface area contributed by atoms with Crippen molar-refractivity contribution in [3.63, 3.8) is 0 Å². The van der Waals surface area contributed by atoms with Crippen molar-refractivity contribution in [2.45, 2.75) is 37.6 Å². The Balaban J connectivity index is 2.10. The standard InChI is InChI=1S/C16H21N3OS/c1-5-14(21-16-17-9-10-19(16)4)15(20)18-13-8-6-7-11(2)12(13)3/h6-10,14H,5H2,1-4H3,(H,18,20). The van der Waals surface area contributed by atoms with Gasteiger partial charge in [0.1, 0.15) is 0 Å². The largest absolute Gasteiger partial charge is 0.329 e. The van der Waals surface area contributed by atoms with E-state index in [1.54, 1.807) is 6.20 Å². The Labute approximate surface area is 130 Å². The van der Waals surface area contributed by atoms with E-state index in [0.717, 1.165) is 22.8 Å². The number of nitrogens with one attached hydrogen (secondary N) is 1. The van der Waals surface area contributed by atoms with Gasteiger partial charge in [-0.1, -0.05) is 30.8 Å². The first-order valence-electron chi connectivity index (χ1n) is 7.04. The predicted octanol–water partition coefficient (Wildman–Crippen LogP) is 3.55. The summed E-state index contributed by atoms with van der Waals surface area (Å²) in [5.41, 5.74) is 3.18. The first-order valence-corrected chi connectivity index (χ1v) is 7.92. The zero-order chi connectivity index (χ0) is 15.4. The van der Waals surface area contributed by atoms with E-state index in [0.29, 0.717) is 0 Å². The summed E-state index contributed by atoms with van der Waals surface area (Å²) in [6.45, 7) is 6.09. The van der Waals surface area contributed by atoms with E-state index in [1.165, 1.54) is 17.3 Å². The van der Waals surface area contributed by atoms with E-state index in [-0.39, 0.29) is 11.2 Å². The van der Waals surface area contributed by atoms with Crippen LogP contribution in [0.1, 0.15) is 24.5 Å². The minimum Gasteiger partial charge on any atom is -0.329 e. The van der Waals surface area contributed by atoms with Crippen LogP contribution in [0.25, 0.3) is 0 Å². The number of thioether (sulfide) groups is 1. The third kappa shape index (κ3) is 3.67. The van der Waals surface area contributed by atoms with E-state index in [4.69, 9.17) is 0 Å². The van der Waals surface area contributed by atoms with Gasteiger partial charge in [-0.05, 0) is 37.5 Å². The molecule has 2 aromatic rings. The summed E-state index contributed by atoms with van der Waals surface area (Å²) in [5.74, 6) is 0.0270. The van der Waals surface area contributed by atoms with Crippen molar-refractivity contribution in [1.82, 2.24) is 9.55 Å². The van der Waals surface area contributed by atoms with Gasteiger partial charge in [-0.2, -0.15) is 0 Å². The van der Waals surface area contributed by atoms with Gasteiger partial charge in [0, 0.05) is 25.1 Å². The molecule has 4 nitrogen and oxygen atoms in total. The Morgan fingerprint density at radius 3 is 2.81 bits per heavy atom. The van der Waals surface area contributed by atoms with Gasteiger partial charge in [0.2, 0.25) is 5.91 Å². The number of hydrogen-bond acceptors (Lipinski definition) is 3. The molecule has 0 saturated heterocycles. The van der Waals surface area contributed by atoms with E-state index < -0.39 is 0 Å². The normalized spacial score (nSPS) is 12.2. The van der Waals surface area contributed by atoms with Gasteiger partial charge < -0.3 is 9.88 Å². The molecule has 1 aromatic heterocycles. The molecule has 1 unspecified atom stereocenters. The lowest BCUT2D eigenvalue weighted by Crippen LogP contribution is -2.25. The quantitative estimate of drug-likeness (QED) is 0.859. The molecule has 0 fully saturated rings. The lowest BCUT2D eigenvalue weighted by atomic mass is 10.1. The van der Waals surface area contributed by atoms with Crippen LogP contribution < -0.4 is 5.32 Å². The molecule has 1 atom stereocenters. The molecule has 1 aromatic carbocycles. The molecule has 0 radical (unpaired) electrons. The Hall–Kier alpha value is -1.75. The van der Waals surface area contributed by atoms with Crippen LogP contribution in [0, 0.1) is 13.8 Å². The predicted molar refractivity (Wildman–Crippen MR) is 87.7 cm³/mol. The van der Waals surface area contributed by atoms with Gasteiger partial charge in [-0.3, -0.25) is 4.79 Å². The molecule has 1 heterocycles. The second-order valence-electron chi connectivity index (χ2n) is 5.07. The van der Waals surface area contributed by atoms with Crippen LogP contribution in [-0.2, 0) is 11.8 Å². The Kier molecular flexibility index (Phi) is 5.07. The van der Waals surface area contributed by atoms with Crippen LogP contribution in [0.3, 0.4) is 0 Å². The summed E-state index contributed by atoms with van der Waals surface area (Å²) in [4.78, 5) is 16.7. The summed E-state index contributed by atoms with van der Waals surface area (Å²) in [6, 6.07) is 5.95. The summed E-state index contributed by atoms with van der Waals surface area (Å²) < 4.78 is 1.93. The third-order valence-corrected chi connectivity index (χ3v) is 4.99. The third-order valence-electron chi connectivity index (χ3n) is 3.55. The monoisotopic (exact) mass is 303 g/mol. The van der Waals surface area contributed by atoms with Crippen molar-refractivity contribution in [3.05, 3.63) is 41.7 Å². The fourth-order valence-electron chi connectivity index (χ4n) is 2.01. The molecule has 0 saturated carbocycles. The first kappa shape index (κ1) is 15.6. The molecular weight excluding hydrogens is 282 g/mol. The fourth-order valence-corrected chi connectivity index (χ4v) is 2.95. The molecule has 112 valence electrons. The van der Waals surface area contributed by atoms with Crippen LogP contribution in [0.2, 0.25) is 0 Å². The molecule has 0 aliphatic carbocycles. The van der Waals surface area contributed by atoms with E-state index >= 15 is 0 Å². The topological polar surface area (TPSA) is 46.9 Å². The number of nitrogens with zero attached hydrogens (tertiary/aromatic N) is 2. The molecule has 1 N–H and O–H groups in total. The molecule has 0 aliphatic heterocycles. The number of anilines is 1. The Morgan fingerprint density at radius 1 is 1.43 bits per heavy atom. The Bertz CT molecular complexity index is 636. The number of aryl methyl sites for hydroxylation is 2. The number of aromatic nitrogens is 2. The van der Waals surface area contributed by atoms with E-state index in [9.17, 15) is 4.79 Å². The molecule has 1 amide bonds. The van der Waals surface area contributed by atoms with Gasteiger partial charge >= 0.3 is 0 Å². The van der Waals surface area contributed by atoms with Crippen molar-refractivity contribution < 1.29 is 4.79 Å². The molecule has 5 heteroatoms. The fraction of sp³-hybridized carbons (Fsp3) is 0.375. The van der Waals surface area contributed by atoms with Gasteiger partial charge in [-0.25, -0.2) is 4.98 Å². The number of carbonyl (C=O) groups is 1. The second kappa shape index (κ2) is 6.80. The lowest BCUT2D eigenvalue weighted by Gasteiger charge is -2.16. The molecule has 0 aliphatic rings. The molecule has 0 bridgehead atoms. The van der Waals surface area contributed by atoms with Crippen molar-refractivity contribution in [2.24, 2.45) is 7.05 Å². The summed E-state index contributed by atoms with van der Waals surface area (Å²) >= 11 is 1.50. The molecule has 0 spiro atoms. The number of imidazole rings is 1. The highest BCUT2D eigenvalue weighted by Crippen LogP contribution is 2.25. The van der Waals surface area contributed by atoms with Crippen LogP contribution in [0.5, 0.6) is 0 Å². The minimum absolute atomic E-state index is 0.0270. The molecule has 21 heavy (non-hydrogen) atoms. The SMILES string of the molecule is CCC(Sc1nccn1C)C(=O)Nc1cccc(C)c1C. The number of benzene rings is 1. The maximum atomic E-state index is 12.5. The van der Waals surface area contributed by atoms with Gasteiger partial charge in [-0.15, -0.1) is 0 Å². The number of amides is 1. The van der Waals surface area contributed by atoms with Crippen molar-refractivity contribution in [3.8, 4) is 0 Å². The van der Waals surface area contributed by atoms with Gasteiger partial charge in [0.15, 0.2) is 5.16 Å². The highest BCUT2D eigenvalue weighted by molar-refractivity contribution is 8.00. The average Bonchev–Trinajstić information content (AvgIpc) is 2.86. The molecular formula is C16H21N3OS. The van der Waals surface area contributed by atoms with Crippen molar-refractivity contribution in [2.75, 3.05) is 5.32 Å². The van der Waals surface area contributed by atoms with Gasteiger partial charge in [0.25, 0.3) is 0 Å². The van der Waals surface area contributed by atoms with Crippen LogP contribution in [0.15, 0.2) is 35.7 Å². The summed E-state index contributed by atoms with van der Waals surface area (Å²) in [7, 11) is 1.94. The minimum atomic E-state index is -0.147. The highest BCUT2D eigenvalue weighted by Gasteiger charge is 2.20. The smallest absolute Gasteiger partial charge is 0.237 e. The lowest BCUT2D eigenvalue weighted by molar-refractivity contribution is -0.115. The van der Waals surface area contributed by atoms with Crippen LogP contribution >= 0.6 is 11.8 Å². The summed E-state index contributed by atoms with van der Waals surface area (Å²) in [6.07, 6.45) is 4.39. The highest BCUT2D eigenvalue weighted by atomic mass is 32.2. The number of rotatable bonds is 5. The number of carbonyl (C=O) groups excluding carboxylic acids is 1. The molecule has 2 rings (SSSR count). The van der Waals surface area contributed by atoms with Crippen molar-refractivity contribution in [1.29, 1.82) is 0 Å². The van der Waals surface area contributed by atoms with Crippen LogP contribution in [-0.4, -0.2) is 20.7 Å². The maximum absolute atomic E-state index is 12.5. The first-order chi connectivity index (χ1) is 10.0. The number of hydrogen-bond donors (Lipinski definition) is 1. The van der Waals surface area contributed by atoms with Gasteiger partial charge in [0.05, 0.1) is 5.25 Å². The zero-order valence-electron chi connectivity index (χ0n) is 12.9.